The molecule has 0 amide bonds. The Kier molecular flexibility index (Phi) is 19.9. The average molecular weight is 1250 g/mol. The van der Waals surface area contributed by atoms with Crippen molar-refractivity contribution < 1.29 is 56.8 Å². The molecule has 1 aliphatic carbocycles. The summed E-state index contributed by atoms with van der Waals surface area (Å²) in [6.45, 7) is 8.96. The molecule has 92 heavy (non-hydrogen) atoms. The SMILES string of the molecule is CCCCCC1c2cc3c4c(OCc5cccnc5)c2OCOc2c1cc1c(c2OCc2cccnc2)OCOc2c(cc5c(c2OCc2cccnc2)OCOc2c(cc(c(c2OCc2cccnc2)OCO4)C3CCCCC)C5CCCCC)C1CCCCC. The minimum absolute atomic E-state index is 0.188. The van der Waals surface area contributed by atoms with Gasteiger partial charge in [-0.05, 0) is 74.2 Å². The second-order valence-corrected chi connectivity index (χ2v) is 24.6. The number of nitrogens with zero attached hydrogens (tertiary/aromatic N) is 4. The minimum atomic E-state index is -0.338. The molecule has 4 aromatic heterocycles. The number of rotatable bonds is 28. The Morgan fingerprint density at radius 1 is 0.304 bits per heavy atom. The van der Waals surface area contributed by atoms with Gasteiger partial charge in [-0.25, -0.2) is 0 Å². The highest BCUT2D eigenvalue weighted by molar-refractivity contribution is 5.73. The molecule has 0 spiro atoms. The highest BCUT2D eigenvalue weighted by atomic mass is 16.7. The molecule has 8 bridgehead atoms. The zero-order valence-corrected chi connectivity index (χ0v) is 53.5. The Balaban J connectivity index is 1.18. The number of unbranched alkanes of at least 4 members (excludes halogenated alkanes) is 8. The van der Waals surface area contributed by atoms with Crippen LogP contribution in [0.3, 0.4) is 0 Å². The van der Waals surface area contributed by atoms with Gasteiger partial charge in [-0.2, -0.15) is 0 Å². The van der Waals surface area contributed by atoms with Crippen molar-refractivity contribution in [3.8, 4) is 69.0 Å². The summed E-state index contributed by atoms with van der Waals surface area (Å²) in [5.74, 6) is 4.90. The van der Waals surface area contributed by atoms with Gasteiger partial charge in [-0.15, -0.1) is 0 Å². The van der Waals surface area contributed by atoms with E-state index in [1.54, 1.807) is 24.8 Å². The molecular formula is C76H84N4O12. The molecule has 8 aromatic rings. The lowest BCUT2D eigenvalue weighted by molar-refractivity contribution is 0.0810. The molecule has 0 N–H and O–H groups in total. The molecular weight excluding hydrogens is 1160 g/mol. The van der Waals surface area contributed by atoms with E-state index in [-0.39, 0.29) is 77.3 Å². The van der Waals surface area contributed by atoms with Crippen LogP contribution in [0.4, 0.5) is 0 Å². The normalized spacial score (nSPS) is 17.0. The molecule has 480 valence electrons. The van der Waals surface area contributed by atoms with Crippen LogP contribution in [0, 0.1) is 0 Å². The summed E-state index contributed by atoms with van der Waals surface area (Å²) in [4.78, 5) is 18.0. The third-order valence-corrected chi connectivity index (χ3v) is 18.4. The molecule has 0 radical (unpaired) electrons. The smallest absolute Gasteiger partial charge is 0.231 e. The predicted molar refractivity (Wildman–Crippen MR) is 348 cm³/mol. The molecule has 13 rings (SSSR count). The molecule has 8 heterocycles. The lowest BCUT2D eigenvalue weighted by Crippen LogP contribution is -2.24. The van der Waals surface area contributed by atoms with Crippen molar-refractivity contribution in [3.05, 3.63) is 189 Å². The summed E-state index contributed by atoms with van der Waals surface area (Å²) in [5.41, 5.74) is 11.2. The zero-order chi connectivity index (χ0) is 62.6. The summed E-state index contributed by atoms with van der Waals surface area (Å²) < 4.78 is 86.0. The Labute approximate surface area is 540 Å². The van der Waals surface area contributed by atoms with Crippen molar-refractivity contribution in [2.24, 2.45) is 0 Å². The van der Waals surface area contributed by atoms with E-state index in [4.69, 9.17) is 56.8 Å². The van der Waals surface area contributed by atoms with Crippen molar-refractivity contribution in [1.82, 2.24) is 19.9 Å². The maximum Gasteiger partial charge on any atom is 0.231 e. The average Bonchev–Trinajstić information content (AvgIpc) is 0.744. The third-order valence-electron chi connectivity index (χ3n) is 18.4. The van der Waals surface area contributed by atoms with Gasteiger partial charge in [0.15, 0.2) is 46.0 Å². The monoisotopic (exact) mass is 1240 g/mol. The van der Waals surface area contributed by atoms with Crippen LogP contribution >= 0.6 is 0 Å². The lowest BCUT2D eigenvalue weighted by Gasteiger charge is -2.37. The molecule has 0 atom stereocenters. The fourth-order valence-corrected chi connectivity index (χ4v) is 13.9. The molecule has 16 nitrogen and oxygen atoms in total. The highest BCUT2D eigenvalue weighted by Crippen LogP contribution is 2.63. The van der Waals surface area contributed by atoms with Gasteiger partial charge in [0.25, 0.3) is 0 Å². The van der Waals surface area contributed by atoms with E-state index in [1.165, 1.54) is 0 Å². The summed E-state index contributed by atoms with van der Waals surface area (Å²) in [6, 6.07) is 25.2. The van der Waals surface area contributed by atoms with Gasteiger partial charge in [0.05, 0.1) is 0 Å². The predicted octanol–water partition coefficient (Wildman–Crippen LogP) is 17.7. The Morgan fingerprint density at radius 3 is 0.685 bits per heavy atom. The Hall–Kier alpha value is -8.92. The minimum Gasteiger partial charge on any atom is -0.481 e. The van der Waals surface area contributed by atoms with E-state index >= 15 is 0 Å². The number of hydrogen-bond acceptors (Lipinski definition) is 16. The largest absolute Gasteiger partial charge is 0.481 e. The quantitative estimate of drug-likeness (QED) is 0.0425. The van der Waals surface area contributed by atoms with Crippen LogP contribution in [0.1, 0.15) is 221 Å². The van der Waals surface area contributed by atoms with E-state index in [9.17, 15) is 0 Å². The number of aromatic nitrogens is 4. The van der Waals surface area contributed by atoms with Crippen LogP contribution in [0.15, 0.2) is 122 Å². The Bertz CT molecular complexity index is 3170. The van der Waals surface area contributed by atoms with Crippen molar-refractivity contribution in [2.75, 3.05) is 27.2 Å². The van der Waals surface area contributed by atoms with Crippen molar-refractivity contribution in [1.29, 1.82) is 0 Å². The first-order valence-corrected chi connectivity index (χ1v) is 33.4. The van der Waals surface area contributed by atoms with Gasteiger partial charge in [0.1, 0.15) is 26.4 Å². The third kappa shape index (κ3) is 13.1. The maximum absolute atomic E-state index is 7.24. The number of ether oxygens (including phenoxy) is 12. The molecule has 0 unspecified atom stereocenters. The van der Waals surface area contributed by atoms with Crippen molar-refractivity contribution in [3.63, 3.8) is 0 Å². The van der Waals surface area contributed by atoms with Gasteiger partial charge < -0.3 is 56.8 Å². The Morgan fingerprint density at radius 2 is 0.511 bits per heavy atom. The van der Waals surface area contributed by atoms with E-state index in [0.717, 1.165) is 169 Å². The topological polar surface area (TPSA) is 162 Å². The number of hydrogen-bond donors (Lipinski definition) is 0. The summed E-state index contributed by atoms with van der Waals surface area (Å²) in [5, 5.41) is 0. The van der Waals surface area contributed by atoms with Crippen LogP contribution < -0.4 is 56.8 Å². The van der Waals surface area contributed by atoms with E-state index < -0.39 is 0 Å². The van der Waals surface area contributed by atoms with Crippen LogP contribution in [0.2, 0.25) is 0 Å². The standard InChI is InChI=1S/C76H84N4O12/c1-5-9-13-25-53-57-33-59-54(26-14-10-6-2)61-35-63-56(28-16-12-8-4)64-36-62-55(27-15-11-7-3)60-34-58(53)66-74(82-42-50-22-18-30-78-38-50)68(60)88-47-90-70(62)76(84-44-52-24-20-32-80-40-52)72(64)92-48-91-71(63)75(83-43-51-23-19-31-79-39-51)69(61)89-46-87-67(59)73(65(57)85-45-86-66)81-41-49-21-17-29-77-37-49/h17-24,29-40,53-56H,5-16,25-28,41-48H2,1-4H3. The first kappa shape index (κ1) is 61.9. The molecule has 4 aromatic carbocycles. The fourth-order valence-electron chi connectivity index (χ4n) is 13.9. The van der Waals surface area contributed by atoms with Crippen molar-refractivity contribution in [2.45, 2.75) is 181 Å². The molecule has 5 aliphatic rings. The first-order chi connectivity index (χ1) is 45.5. The zero-order valence-electron chi connectivity index (χ0n) is 53.5. The lowest BCUT2D eigenvalue weighted by atomic mass is 9.75. The van der Waals surface area contributed by atoms with E-state index in [1.807, 2.05) is 73.3 Å². The molecule has 16 heteroatoms. The van der Waals surface area contributed by atoms with E-state index in [0.29, 0.717) is 69.0 Å². The van der Waals surface area contributed by atoms with Crippen LogP contribution in [-0.4, -0.2) is 47.1 Å². The number of benzene rings is 4. The van der Waals surface area contributed by atoms with Crippen molar-refractivity contribution >= 4 is 0 Å². The van der Waals surface area contributed by atoms with Crippen LogP contribution in [-0.2, 0) is 26.4 Å². The first-order valence-electron chi connectivity index (χ1n) is 33.4. The van der Waals surface area contributed by atoms with Gasteiger partial charge in [-0.1, -0.05) is 129 Å². The van der Waals surface area contributed by atoms with E-state index in [2.05, 4.69) is 71.9 Å². The van der Waals surface area contributed by atoms with Gasteiger partial charge in [-0.3, -0.25) is 19.9 Å². The van der Waals surface area contributed by atoms with Gasteiger partial charge in [0.2, 0.25) is 50.2 Å². The molecule has 0 saturated heterocycles. The van der Waals surface area contributed by atoms with Crippen LogP contribution in [0.25, 0.3) is 0 Å². The number of pyridine rings is 4. The summed E-state index contributed by atoms with van der Waals surface area (Å²) in [7, 11) is 0. The van der Waals surface area contributed by atoms with Crippen LogP contribution in [0.5, 0.6) is 69.0 Å². The second-order valence-electron chi connectivity index (χ2n) is 24.6. The molecule has 4 aliphatic heterocycles. The highest BCUT2D eigenvalue weighted by Gasteiger charge is 2.43. The maximum atomic E-state index is 7.24. The second kappa shape index (κ2) is 29.6. The summed E-state index contributed by atoms with van der Waals surface area (Å²) >= 11 is 0. The van der Waals surface area contributed by atoms with Gasteiger partial charge >= 0.3 is 0 Å². The van der Waals surface area contributed by atoms with Gasteiger partial charge in [0, 0.05) is 140 Å². The fraction of sp³-hybridized carbons (Fsp3) is 0.421. The summed E-state index contributed by atoms with van der Waals surface area (Å²) in [6.07, 6.45) is 29.0. The molecule has 0 fully saturated rings. The molecule has 0 saturated carbocycles.